The van der Waals surface area contributed by atoms with E-state index in [0.29, 0.717) is 24.0 Å². The Bertz CT molecular complexity index is 2320. The van der Waals surface area contributed by atoms with Crippen molar-refractivity contribution >= 4 is 50.1 Å². The maximum atomic E-state index is 12.8. The predicted octanol–water partition coefficient (Wildman–Crippen LogP) is 0.275. The van der Waals surface area contributed by atoms with Crippen molar-refractivity contribution in [2.45, 2.75) is 106 Å². The molecule has 0 bridgehead atoms. The molecule has 0 aliphatic rings. The molecule has 0 saturated heterocycles. The molecule has 0 spiro atoms. The van der Waals surface area contributed by atoms with E-state index in [4.69, 9.17) is 24.4 Å². The van der Waals surface area contributed by atoms with Gasteiger partial charge in [-0.1, -0.05) is 29.8 Å². The Hall–Kier alpha value is -3.91. The van der Waals surface area contributed by atoms with Gasteiger partial charge in [0.15, 0.2) is 0 Å². The molecule has 0 atom stereocenters. The predicted molar refractivity (Wildman–Crippen MR) is 203 cm³/mol. The van der Waals surface area contributed by atoms with Crippen LogP contribution >= 0.6 is 15.9 Å². The topological polar surface area (TPSA) is 221 Å². The summed E-state index contributed by atoms with van der Waals surface area (Å²) in [5.74, 6) is -0.911. The maximum Gasteiger partial charge on any atom is 1.00 e. The molecule has 4 aromatic heterocycles. The Kier molecular flexibility index (Phi) is 20.2. The van der Waals surface area contributed by atoms with E-state index in [0.717, 1.165) is 9.13 Å². The van der Waals surface area contributed by atoms with E-state index in [-0.39, 0.29) is 83.4 Å². The van der Waals surface area contributed by atoms with Crippen LogP contribution in [0.1, 0.15) is 76.2 Å². The Balaban J connectivity index is 0. The van der Waals surface area contributed by atoms with Gasteiger partial charge in [-0.05, 0) is 72.4 Å². The molecule has 55 heavy (non-hydrogen) atoms. The Morgan fingerprint density at radius 3 is 1.69 bits per heavy atom. The number of hydrogen-bond donors (Lipinski definition) is 1. The number of hydrogen-bond acceptors (Lipinski definition) is 13. The first kappa shape index (κ1) is 49.1. The second-order valence-electron chi connectivity index (χ2n) is 13.1. The minimum Gasteiger partial charge on any atom is -1.00 e. The number of aromatic nitrogens is 4. The van der Waals surface area contributed by atoms with Crippen LogP contribution in [0.5, 0.6) is 0 Å². The summed E-state index contributed by atoms with van der Waals surface area (Å²) in [5.41, 5.74) is -4.08. The number of carbonyl (C=O) groups excluding carboxylic acids is 2. The second kappa shape index (κ2) is 22.6. The molecule has 0 unspecified atom stereocenters. The molecule has 302 valence electrons. The number of halogens is 2. The van der Waals surface area contributed by atoms with Crippen molar-refractivity contribution in [3.63, 3.8) is 0 Å². The number of H-pyrrole nitrogens is 1. The van der Waals surface area contributed by atoms with Crippen LogP contribution in [0.2, 0.25) is 0 Å². The summed E-state index contributed by atoms with van der Waals surface area (Å²) in [6.45, 7) is 15.4. The third-order valence-corrected chi connectivity index (χ3v) is 7.18. The minimum atomic E-state index is -1.00. The number of nitrogens with zero attached hydrogens (tertiary/aromatic N) is 3. The molecule has 4 rings (SSSR count). The van der Waals surface area contributed by atoms with Crippen LogP contribution in [-0.2, 0) is 56.5 Å². The van der Waals surface area contributed by atoms with Gasteiger partial charge in [0.25, 0.3) is 11.1 Å². The molecule has 0 amide bonds. The number of fused-ring (bicyclic) bond motifs is 2. The van der Waals surface area contributed by atoms with Crippen LogP contribution in [0.4, 0.5) is 4.39 Å². The van der Waals surface area contributed by atoms with Gasteiger partial charge in [-0.2, -0.15) is 0 Å². The van der Waals surface area contributed by atoms with Crippen molar-refractivity contribution in [3.05, 3.63) is 85.8 Å². The second-order valence-corrected chi connectivity index (χ2v) is 13.6. The third-order valence-electron chi connectivity index (χ3n) is 6.73. The van der Waals surface area contributed by atoms with Crippen molar-refractivity contribution in [2.75, 3.05) is 19.6 Å². The number of nitrogens with one attached hydrogen (secondary N) is 1. The van der Waals surface area contributed by atoms with Gasteiger partial charge in [-0.15, -0.1) is 0 Å². The number of rotatable bonds is 8. The molecule has 0 saturated carbocycles. The number of aryl methyl sites for hydroxylation is 3. The smallest absolute Gasteiger partial charge is 1.00 e. The third kappa shape index (κ3) is 14.6. The minimum absolute atomic E-state index is 0. The van der Waals surface area contributed by atoms with E-state index in [1.807, 2.05) is 20.8 Å². The molecule has 4 heterocycles. The SMILES string of the molecule is CC(C)(C)OC(=O)CBr.CCc1cc(=O)oc2c1c(=O)[nH]c(=O)n2COC.CCc1cc(=O)oc2c1c(=O)n(CC(=O)OC(C)(C)C)c(=O)n2CC.[2H]CF.[H-].[Na+]. The van der Waals surface area contributed by atoms with Gasteiger partial charge in [0.2, 0.25) is 11.4 Å². The van der Waals surface area contributed by atoms with Crippen LogP contribution in [0.15, 0.2) is 49.7 Å². The molecule has 0 aliphatic carbocycles. The summed E-state index contributed by atoms with van der Waals surface area (Å²) in [6, 6.07) is 2.48. The zero-order valence-corrected chi connectivity index (χ0v) is 36.6. The van der Waals surface area contributed by atoms with E-state index in [1.54, 1.807) is 41.5 Å². The molecule has 4 aromatic rings. The zero-order valence-electron chi connectivity index (χ0n) is 35.0. The molecule has 0 fully saturated rings. The fourth-order valence-corrected chi connectivity index (χ4v) is 4.89. The summed E-state index contributed by atoms with van der Waals surface area (Å²) in [4.78, 5) is 96.7. The molecule has 17 nitrogen and oxygen atoms in total. The van der Waals surface area contributed by atoms with Gasteiger partial charge in [-0.25, -0.2) is 28.3 Å². The van der Waals surface area contributed by atoms with Gasteiger partial charge in [0, 0.05) is 25.8 Å². The molecule has 1 N–H and O–H groups in total. The van der Waals surface area contributed by atoms with E-state index < -0.39 is 59.0 Å². The summed E-state index contributed by atoms with van der Waals surface area (Å²) >= 11 is 2.99. The quantitative estimate of drug-likeness (QED) is 0.143. The molecular formula is C35H49BrFN4NaO13. The number of aromatic amines is 1. The fourth-order valence-electron chi connectivity index (χ4n) is 4.77. The summed E-state index contributed by atoms with van der Waals surface area (Å²) in [7, 11) is 0.394. The van der Waals surface area contributed by atoms with Crippen LogP contribution in [0.3, 0.4) is 0 Å². The summed E-state index contributed by atoms with van der Waals surface area (Å²) in [5, 5.41) is 0.602. The Labute approximate surface area is 348 Å². The van der Waals surface area contributed by atoms with E-state index in [9.17, 15) is 42.7 Å². The molecule has 0 radical (unpaired) electrons. The fraction of sp³-hybridized carbons (Fsp3) is 0.543. The number of carbonyl (C=O) groups is 2. The normalized spacial score (nSPS) is 11.1. The van der Waals surface area contributed by atoms with Crippen LogP contribution < -0.4 is 63.3 Å². The maximum absolute atomic E-state index is 12.8. The van der Waals surface area contributed by atoms with E-state index in [1.165, 1.54) is 23.8 Å². The average Bonchev–Trinajstić information content (AvgIpc) is 3.07. The van der Waals surface area contributed by atoms with Crippen molar-refractivity contribution in [2.24, 2.45) is 0 Å². The average molecular weight is 857 g/mol. The number of alkyl halides is 2. The van der Waals surface area contributed by atoms with Gasteiger partial charge in [0.1, 0.15) is 40.6 Å². The van der Waals surface area contributed by atoms with Crippen molar-refractivity contribution < 1.29 is 69.4 Å². The first-order valence-electron chi connectivity index (χ1n) is 17.2. The van der Waals surface area contributed by atoms with Crippen LogP contribution in [0.25, 0.3) is 22.2 Å². The first-order valence-corrected chi connectivity index (χ1v) is 17.6. The summed E-state index contributed by atoms with van der Waals surface area (Å²) < 4.78 is 43.6. The van der Waals surface area contributed by atoms with Crippen LogP contribution in [-0.4, -0.2) is 61.4 Å². The zero-order chi connectivity index (χ0) is 42.4. The summed E-state index contributed by atoms with van der Waals surface area (Å²) in [6.07, 6.45) is 0.891. The molecule has 0 aliphatic heterocycles. The molecule has 20 heteroatoms. The van der Waals surface area contributed by atoms with Crippen molar-refractivity contribution in [1.82, 2.24) is 18.7 Å². The van der Waals surface area contributed by atoms with Crippen molar-refractivity contribution in [3.8, 4) is 0 Å². The first-order chi connectivity index (χ1) is 25.5. The van der Waals surface area contributed by atoms with E-state index >= 15 is 0 Å². The molecule has 0 aromatic carbocycles. The number of ether oxygens (including phenoxy) is 3. The van der Waals surface area contributed by atoms with Gasteiger partial charge >= 0.3 is 64.1 Å². The Morgan fingerprint density at radius 1 is 0.836 bits per heavy atom. The van der Waals surface area contributed by atoms with Crippen LogP contribution in [0, 0.1) is 0 Å². The number of methoxy groups -OCH3 is 1. The Morgan fingerprint density at radius 2 is 1.29 bits per heavy atom. The largest absolute Gasteiger partial charge is 1.00 e. The van der Waals surface area contributed by atoms with Gasteiger partial charge in [-0.3, -0.25) is 33.1 Å². The monoisotopic (exact) mass is 855 g/mol. The number of esters is 2. The van der Waals surface area contributed by atoms with E-state index in [2.05, 4.69) is 20.9 Å². The van der Waals surface area contributed by atoms with Gasteiger partial charge < -0.3 is 24.5 Å². The van der Waals surface area contributed by atoms with Gasteiger partial charge in [0.05, 0.1) is 8.52 Å². The van der Waals surface area contributed by atoms with Crippen molar-refractivity contribution in [1.29, 1.82) is 0 Å². The standard InChI is InChI=1S/C17H22N2O6.C11H12N2O5.C6H11BrO2.CH3F.Na.H/c1-6-10-8-11(20)24-15-13(10)14(22)19(16(23)18(15)7-2)9-12(21)25-17(3,4)5;1-3-6-4-7(14)18-10-8(6)9(15)12-11(16)13(10)5-17-2;1-6(2,3)9-5(8)4-7;1-2;;/h8H,6-7,9H2,1-5H3;4H,3,5H2,1-2H3,(H,12,15,16);4H2,1-3H3;1H3;;/q;;;;+1;-1/i;;;1D;;. The molecular weight excluding hydrogens is 806 g/mol.